The third kappa shape index (κ3) is 4.10. The van der Waals surface area contributed by atoms with Gasteiger partial charge in [0.1, 0.15) is 0 Å². The lowest BCUT2D eigenvalue weighted by atomic mass is 9.85. The predicted molar refractivity (Wildman–Crippen MR) is 89.1 cm³/mol. The quantitative estimate of drug-likeness (QED) is 0.699. The van der Waals surface area contributed by atoms with Gasteiger partial charge in [0.05, 0.1) is 23.8 Å². The first-order chi connectivity index (χ1) is 11.1. The van der Waals surface area contributed by atoms with Crippen LogP contribution in [0.5, 0.6) is 0 Å². The second kappa shape index (κ2) is 6.83. The van der Waals surface area contributed by atoms with Crippen molar-refractivity contribution >= 4 is 11.7 Å². The zero-order valence-corrected chi connectivity index (χ0v) is 13.0. The molecule has 0 radical (unpaired) electrons. The van der Waals surface area contributed by atoms with Crippen molar-refractivity contribution in [2.24, 2.45) is 0 Å². The highest BCUT2D eigenvalue weighted by molar-refractivity contribution is 5.90. The molecule has 0 aliphatic heterocycles. The molecule has 0 saturated heterocycles. The fraction of sp³-hybridized carbons (Fsp3) is 0.412. The number of benzene rings is 1. The van der Waals surface area contributed by atoms with Gasteiger partial charge in [0.25, 0.3) is 0 Å². The summed E-state index contributed by atoms with van der Waals surface area (Å²) < 4.78 is 0. The molecule has 0 atom stereocenters. The minimum atomic E-state index is -0.757. The van der Waals surface area contributed by atoms with E-state index in [1.54, 1.807) is 12.5 Å². The Morgan fingerprint density at radius 2 is 2.13 bits per heavy atom. The molecular weight excluding hydrogens is 292 g/mol. The van der Waals surface area contributed by atoms with Crippen LogP contribution in [-0.4, -0.2) is 33.3 Å². The van der Waals surface area contributed by atoms with Crippen LogP contribution in [0.3, 0.4) is 0 Å². The Hall–Kier alpha value is -2.34. The zero-order chi connectivity index (χ0) is 16.1. The number of nitrogens with one attached hydrogen (secondary N) is 3. The molecule has 6 heteroatoms. The number of anilines is 1. The number of aromatic amines is 1. The lowest BCUT2D eigenvalue weighted by Crippen LogP contribution is -2.45. The van der Waals surface area contributed by atoms with Crippen molar-refractivity contribution in [2.45, 2.75) is 37.7 Å². The van der Waals surface area contributed by atoms with Gasteiger partial charge in [-0.25, -0.2) is 9.78 Å². The highest BCUT2D eigenvalue weighted by atomic mass is 16.3. The molecule has 3 rings (SSSR count). The predicted octanol–water partition coefficient (Wildman–Crippen LogP) is 2.89. The van der Waals surface area contributed by atoms with Crippen molar-refractivity contribution in [1.82, 2.24) is 15.3 Å². The Balaban J connectivity index is 1.56. The smallest absolute Gasteiger partial charge is 0.319 e. The van der Waals surface area contributed by atoms with Crippen molar-refractivity contribution in [1.29, 1.82) is 0 Å². The number of amides is 2. The number of nitrogens with zero attached hydrogens (tertiary/aromatic N) is 1. The number of H-pyrrole nitrogens is 1. The summed E-state index contributed by atoms with van der Waals surface area (Å²) >= 11 is 0. The highest BCUT2D eigenvalue weighted by Crippen LogP contribution is 2.27. The topological polar surface area (TPSA) is 90.0 Å². The maximum absolute atomic E-state index is 12.0. The molecular formula is C17H22N4O2. The number of hydrogen-bond acceptors (Lipinski definition) is 3. The van der Waals surface area contributed by atoms with E-state index in [2.05, 4.69) is 20.6 Å². The number of imidazole rings is 1. The van der Waals surface area contributed by atoms with Gasteiger partial charge >= 0.3 is 6.03 Å². The van der Waals surface area contributed by atoms with Crippen molar-refractivity contribution in [3.8, 4) is 11.3 Å². The summed E-state index contributed by atoms with van der Waals surface area (Å²) in [6.07, 6.45) is 8.06. The molecule has 1 heterocycles. The van der Waals surface area contributed by atoms with E-state index in [1.807, 2.05) is 24.3 Å². The molecule has 122 valence electrons. The number of aromatic nitrogens is 2. The number of carbonyl (C=O) groups is 1. The van der Waals surface area contributed by atoms with E-state index in [1.165, 1.54) is 0 Å². The molecule has 1 aliphatic carbocycles. The van der Waals surface area contributed by atoms with Gasteiger partial charge in [0.15, 0.2) is 0 Å². The number of aliphatic hydroxyl groups is 1. The van der Waals surface area contributed by atoms with Crippen molar-refractivity contribution in [3.63, 3.8) is 0 Å². The van der Waals surface area contributed by atoms with Gasteiger partial charge in [-0.1, -0.05) is 31.4 Å². The summed E-state index contributed by atoms with van der Waals surface area (Å²) in [4.78, 5) is 19.1. The van der Waals surface area contributed by atoms with E-state index in [9.17, 15) is 9.90 Å². The zero-order valence-electron chi connectivity index (χ0n) is 13.0. The fourth-order valence-electron chi connectivity index (χ4n) is 2.98. The maximum atomic E-state index is 12.0. The Morgan fingerprint density at radius 1 is 1.30 bits per heavy atom. The fourth-order valence-corrected chi connectivity index (χ4v) is 2.98. The minimum Gasteiger partial charge on any atom is -0.388 e. The molecule has 1 saturated carbocycles. The van der Waals surface area contributed by atoms with Gasteiger partial charge < -0.3 is 20.7 Å². The van der Waals surface area contributed by atoms with Gasteiger partial charge in [-0.3, -0.25) is 0 Å². The van der Waals surface area contributed by atoms with Crippen molar-refractivity contribution < 1.29 is 9.90 Å². The highest BCUT2D eigenvalue weighted by Gasteiger charge is 2.29. The molecule has 0 spiro atoms. The molecule has 1 aliphatic rings. The van der Waals surface area contributed by atoms with Crippen LogP contribution in [0.4, 0.5) is 10.5 Å². The van der Waals surface area contributed by atoms with Gasteiger partial charge in [0.2, 0.25) is 0 Å². The van der Waals surface area contributed by atoms with Gasteiger partial charge in [0, 0.05) is 17.8 Å². The molecule has 23 heavy (non-hydrogen) atoms. The lowest BCUT2D eigenvalue weighted by Gasteiger charge is -2.32. The van der Waals surface area contributed by atoms with Gasteiger partial charge in [-0.15, -0.1) is 0 Å². The van der Waals surface area contributed by atoms with E-state index in [4.69, 9.17) is 0 Å². The summed E-state index contributed by atoms with van der Waals surface area (Å²) in [5, 5.41) is 16.0. The maximum Gasteiger partial charge on any atom is 0.319 e. The van der Waals surface area contributed by atoms with Crippen LogP contribution in [0.1, 0.15) is 32.1 Å². The standard InChI is InChI=1S/C17H22N4O2/c22-16(19-11-17(23)7-2-1-3-8-17)21-14-6-4-5-13(9-14)15-10-18-12-20-15/h4-6,9-10,12,23H,1-3,7-8,11H2,(H,18,20)(H2,19,21,22). The van der Waals surface area contributed by atoms with Gasteiger partial charge in [-0.05, 0) is 25.0 Å². The Bertz CT molecular complexity index is 648. The molecule has 1 fully saturated rings. The average Bonchev–Trinajstić information content (AvgIpc) is 3.09. The van der Waals surface area contributed by atoms with Crippen molar-refractivity contribution in [2.75, 3.05) is 11.9 Å². The van der Waals surface area contributed by atoms with E-state index in [-0.39, 0.29) is 6.03 Å². The summed E-state index contributed by atoms with van der Waals surface area (Å²) in [5.74, 6) is 0. The second-order valence-corrected chi connectivity index (χ2v) is 6.14. The Labute approximate surface area is 135 Å². The molecule has 6 nitrogen and oxygen atoms in total. The first-order valence-corrected chi connectivity index (χ1v) is 8.01. The SMILES string of the molecule is O=C(NCC1(O)CCCCC1)Nc1cccc(-c2cnc[nH]2)c1. The molecule has 4 N–H and O–H groups in total. The molecule has 0 unspecified atom stereocenters. The molecule has 2 amide bonds. The minimum absolute atomic E-state index is 0.291. The van der Waals surface area contributed by atoms with Crippen LogP contribution in [0.15, 0.2) is 36.8 Å². The largest absolute Gasteiger partial charge is 0.388 e. The first-order valence-electron chi connectivity index (χ1n) is 8.01. The Kier molecular flexibility index (Phi) is 4.62. The van der Waals surface area contributed by atoms with Crippen LogP contribution in [0, 0.1) is 0 Å². The van der Waals surface area contributed by atoms with E-state index in [0.29, 0.717) is 12.2 Å². The Morgan fingerprint density at radius 3 is 2.87 bits per heavy atom. The number of carbonyl (C=O) groups excluding carboxylic acids is 1. The van der Waals surface area contributed by atoms with E-state index in [0.717, 1.165) is 43.4 Å². The van der Waals surface area contributed by atoms with Crippen LogP contribution in [0.2, 0.25) is 0 Å². The third-order valence-electron chi connectivity index (χ3n) is 4.29. The number of hydrogen-bond donors (Lipinski definition) is 4. The molecule has 1 aromatic carbocycles. The third-order valence-corrected chi connectivity index (χ3v) is 4.29. The molecule has 0 bridgehead atoms. The van der Waals surface area contributed by atoms with Crippen molar-refractivity contribution in [3.05, 3.63) is 36.8 Å². The summed E-state index contributed by atoms with van der Waals surface area (Å²) in [6, 6.07) is 7.23. The van der Waals surface area contributed by atoms with Crippen LogP contribution < -0.4 is 10.6 Å². The lowest BCUT2D eigenvalue weighted by molar-refractivity contribution is 0.00755. The molecule has 1 aromatic heterocycles. The van der Waals surface area contributed by atoms with E-state index < -0.39 is 5.60 Å². The average molecular weight is 314 g/mol. The second-order valence-electron chi connectivity index (χ2n) is 6.14. The molecule has 2 aromatic rings. The summed E-state index contributed by atoms with van der Waals surface area (Å²) in [5.41, 5.74) is 1.79. The van der Waals surface area contributed by atoms with Crippen LogP contribution in [0.25, 0.3) is 11.3 Å². The van der Waals surface area contributed by atoms with Crippen LogP contribution in [-0.2, 0) is 0 Å². The van der Waals surface area contributed by atoms with Crippen LogP contribution >= 0.6 is 0 Å². The van der Waals surface area contributed by atoms with E-state index >= 15 is 0 Å². The monoisotopic (exact) mass is 314 g/mol. The normalized spacial score (nSPS) is 16.7. The summed E-state index contributed by atoms with van der Waals surface area (Å²) in [6.45, 7) is 0.291. The number of urea groups is 1. The summed E-state index contributed by atoms with van der Waals surface area (Å²) in [7, 11) is 0. The first kappa shape index (κ1) is 15.6. The van der Waals surface area contributed by atoms with Gasteiger partial charge in [-0.2, -0.15) is 0 Å². The number of rotatable bonds is 4.